The van der Waals surface area contributed by atoms with Crippen LogP contribution in [0.5, 0.6) is 17.2 Å². The van der Waals surface area contributed by atoms with Gasteiger partial charge in [0.05, 0.1) is 24.2 Å². The highest BCUT2D eigenvalue weighted by atomic mass is 16.5. The van der Waals surface area contributed by atoms with Gasteiger partial charge in [0.25, 0.3) is 0 Å². The van der Waals surface area contributed by atoms with Gasteiger partial charge in [0.15, 0.2) is 11.5 Å². The van der Waals surface area contributed by atoms with Gasteiger partial charge in [-0.3, -0.25) is 4.79 Å². The van der Waals surface area contributed by atoms with E-state index >= 15 is 0 Å². The summed E-state index contributed by atoms with van der Waals surface area (Å²) in [7, 11) is 0. The molecule has 7 heteroatoms. The van der Waals surface area contributed by atoms with Gasteiger partial charge in [0, 0.05) is 5.56 Å². The monoisotopic (exact) mass is 530 g/mol. The number of hydrogen-bond acceptors (Lipinski definition) is 5. The van der Waals surface area contributed by atoms with Gasteiger partial charge in [-0.25, -0.2) is 4.79 Å². The molecule has 5 rings (SSSR count). The molecule has 2 fully saturated rings. The molecule has 2 saturated carbocycles. The third-order valence-corrected chi connectivity index (χ3v) is 7.45. The van der Waals surface area contributed by atoms with Crippen molar-refractivity contribution in [2.75, 3.05) is 0 Å². The molecule has 3 aromatic carbocycles. The second-order valence-electron chi connectivity index (χ2n) is 10.4. The van der Waals surface area contributed by atoms with E-state index in [-0.39, 0.29) is 30.8 Å². The third kappa shape index (κ3) is 6.72. The number of carbonyl (C=O) groups is 2. The summed E-state index contributed by atoms with van der Waals surface area (Å²) in [6, 6.07) is 17.6. The molecule has 0 spiro atoms. The van der Waals surface area contributed by atoms with Gasteiger partial charge >= 0.3 is 11.9 Å². The van der Waals surface area contributed by atoms with Crippen LogP contribution in [-0.2, 0) is 17.8 Å². The predicted octanol–water partition coefficient (Wildman–Crippen LogP) is 6.90. The van der Waals surface area contributed by atoms with E-state index in [4.69, 9.17) is 14.2 Å². The minimum Gasteiger partial charge on any atom is -0.488 e. The lowest BCUT2D eigenvalue weighted by Crippen LogP contribution is -2.15. The van der Waals surface area contributed by atoms with Crippen LogP contribution in [0.4, 0.5) is 0 Å². The third-order valence-electron chi connectivity index (χ3n) is 7.45. The molecule has 0 atom stereocenters. The molecule has 204 valence electrons. The van der Waals surface area contributed by atoms with Crippen molar-refractivity contribution in [1.82, 2.24) is 0 Å². The molecule has 39 heavy (non-hydrogen) atoms. The van der Waals surface area contributed by atoms with Gasteiger partial charge in [0.2, 0.25) is 0 Å². The van der Waals surface area contributed by atoms with Gasteiger partial charge in [-0.15, -0.1) is 0 Å². The van der Waals surface area contributed by atoms with Gasteiger partial charge in [0.1, 0.15) is 12.4 Å². The summed E-state index contributed by atoms with van der Waals surface area (Å²) in [4.78, 5) is 23.2. The summed E-state index contributed by atoms with van der Waals surface area (Å²) in [6.45, 7) is 0.229. The van der Waals surface area contributed by atoms with E-state index in [1.54, 1.807) is 36.4 Å². The van der Waals surface area contributed by atoms with E-state index in [0.717, 1.165) is 42.7 Å². The molecule has 0 aromatic heterocycles. The van der Waals surface area contributed by atoms with Crippen molar-refractivity contribution in [2.24, 2.45) is 0 Å². The Balaban J connectivity index is 1.42. The lowest BCUT2D eigenvalue weighted by molar-refractivity contribution is -0.136. The number of aromatic carboxylic acids is 1. The van der Waals surface area contributed by atoms with E-state index in [9.17, 15) is 19.8 Å². The fraction of sp³-hybridized carbons (Fsp3) is 0.375. The first kappa shape index (κ1) is 26.6. The van der Waals surface area contributed by atoms with Crippen LogP contribution in [0.3, 0.4) is 0 Å². The van der Waals surface area contributed by atoms with Crippen LogP contribution in [0.2, 0.25) is 0 Å². The van der Waals surface area contributed by atoms with Crippen molar-refractivity contribution < 1.29 is 34.0 Å². The molecule has 0 unspecified atom stereocenters. The molecule has 2 aliphatic rings. The van der Waals surface area contributed by atoms with E-state index < -0.39 is 11.9 Å². The van der Waals surface area contributed by atoms with Crippen LogP contribution in [0.25, 0.3) is 11.1 Å². The SMILES string of the molecule is O=C(O)Cc1cccc(OCc2ccc(OC3CCCC3)c(OC3CCCC3)c2)c1-c1cccc(C(=O)O)c1. The van der Waals surface area contributed by atoms with E-state index in [1.165, 1.54) is 31.7 Å². The highest BCUT2D eigenvalue weighted by molar-refractivity contribution is 5.90. The first-order valence-corrected chi connectivity index (χ1v) is 13.7. The van der Waals surface area contributed by atoms with Crippen molar-refractivity contribution in [3.05, 3.63) is 77.4 Å². The highest BCUT2D eigenvalue weighted by Crippen LogP contribution is 2.38. The molecule has 2 N–H and O–H groups in total. The van der Waals surface area contributed by atoms with Crippen LogP contribution >= 0.6 is 0 Å². The molecule has 0 radical (unpaired) electrons. The molecular formula is C32H34O7. The summed E-state index contributed by atoms with van der Waals surface area (Å²) in [5, 5.41) is 19.0. The molecular weight excluding hydrogens is 496 g/mol. The highest BCUT2D eigenvalue weighted by Gasteiger charge is 2.23. The summed E-state index contributed by atoms with van der Waals surface area (Å²) >= 11 is 0. The number of hydrogen-bond donors (Lipinski definition) is 2. The van der Waals surface area contributed by atoms with Crippen molar-refractivity contribution in [2.45, 2.75) is 76.6 Å². The van der Waals surface area contributed by atoms with E-state index in [1.807, 2.05) is 18.2 Å². The van der Waals surface area contributed by atoms with Gasteiger partial charge in [-0.2, -0.15) is 0 Å². The number of carboxylic acid groups (broad SMARTS) is 2. The van der Waals surface area contributed by atoms with Crippen LogP contribution in [0.1, 0.15) is 72.9 Å². The average molecular weight is 531 g/mol. The average Bonchev–Trinajstić information content (AvgIpc) is 3.63. The Morgan fingerprint density at radius 1 is 0.744 bits per heavy atom. The van der Waals surface area contributed by atoms with Crippen molar-refractivity contribution in [3.8, 4) is 28.4 Å². The van der Waals surface area contributed by atoms with Crippen LogP contribution in [0.15, 0.2) is 60.7 Å². The minimum atomic E-state index is -1.05. The second-order valence-corrected chi connectivity index (χ2v) is 10.4. The lowest BCUT2D eigenvalue weighted by atomic mass is 9.95. The molecule has 3 aromatic rings. The van der Waals surface area contributed by atoms with Gasteiger partial charge in [-0.1, -0.05) is 30.3 Å². The minimum absolute atomic E-state index is 0.120. The Hall–Kier alpha value is -4.00. The fourth-order valence-electron chi connectivity index (χ4n) is 5.51. The van der Waals surface area contributed by atoms with E-state index in [0.29, 0.717) is 22.4 Å². The number of benzene rings is 3. The summed E-state index contributed by atoms with van der Waals surface area (Å²) in [6.07, 6.45) is 9.12. The number of ether oxygens (including phenoxy) is 3. The maximum absolute atomic E-state index is 11.6. The Kier molecular flexibility index (Phi) is 8.35. The standard InChI is InChI=1S/C32H34O7/c33-30(34)19-23-8-6-14-28(31(23)22-7-5-9-24(18-22)32(35)36)37-20-21-15-16-27(38-25-10-1-2-11-25)29(17-21)39-26-12-3-4-13-26/h5-9,14-18,25-26H,1-4,10-13,19-20H2,(H,33,34)(H,35,36). The normalized spacial score (nSPS) is 15.8. The largest absolute Gasteiger partial charge is 0.488 e. The molecule has 2 aliphatic carbocycles. The Labute approximate surface area is 228 Å². The van der Waals surface area contributed by atoms with E-state index in [2.05, 4.69) is 0 Å². The number of rotatable bonds is 11. The first-order valence-electron chi connectivity index (χ1n) is 13.7. The smallest absolute Gasteiger partial charge is 0.335 e. The van der Waals surface area contributed by atoms with Crippen molar-refractivity contribution in [3.63, 3.8) is 0 Å². The molecule has 7 nitrogen and oxygen atoms in total. The Bertz CT molecular complexity index is 1320. The summed E-state index contributed by atoms with van der Waals surface area (Å²) < 4.78 is 19.0. The molecule has 0 aliphatic heterocycles. The van der Waals surface area contributed by atoms with Crippen LogP contribution in [0, 0.1) is 0 Å². The van der Waals surface area contributed by atoms with Crippen molar-refractivity contribution >= 4 is 11.9 Å². The Morgan fingerprint density at radius 3 is 2.08 bits per heavy atom. The van der Waals surface area contributed by atoms with Crippen LogP contribution in [-0.4, -0.2) is 34.4 Å². The zero-order valence-electron chi connectivity index (χ0n) is 21.9. The van der Waals surface area contributed by atoms with Gasteiger partial charge in [-0.05, 0) is 98.4 Å². The number of aliphatic carboxylic acids is 1. The first-order chi connectivity index (χ1) is 19.0. The number of carboxylic acids is 2. The Morgan fingerprint density at radius 2 is 1.41 bits per heavy atom. The topological polar surface area (TPSA) is 102 Å². The second kappa shape index (κ2) is 12.2. The molecule has 0 saturated heterocycles. The summed E-state index contributed by atoms with van der Waals surface area (Å²) in [5.41, 5.74) is 2.73. The zero-order valence-corrected chi connectivity index (χ0v) is 21.9. The van der Waals surface area contributed by atoms with Crippen LogP contribution < -0.4 is 14.2 Å². The maximum atomic E-state index is 11.6. The lowest BCUT2D eigenvalue weighted by Gasteiger charge is -2.21. The summed E-state index contributed by atoms with van der Waals surface area (Å²) in [5.74, 6) is -0.0315. The quantitative estimate of drug-likeness (QED) is 0.278. The predicted molar refractivity (Wildman–Crippen MR) is 147 cm³/mol. The molecule has 0 amide bonds. The van der Waals surface area contributed by atoms with Gasteiger partial charge < -0.3 is 24.4 Å². The molecule has 0 heterocycles. The maximum Gasteiger partial charge on any atom is 0.335 e. The zero-order chi connectivity index (χ0) is 27.2. The fourth-order valence-corrected chi connectivity index (χ4v) is 5.51. The molecule has 0 bridgehead atoms. The van der Waals surface area contributed by atoms with Crippen molar-refractivity contribution in [1.29, 1.82) is 0 Å².